The van der Waals surface area contributed by atoms with Crippen LogP contribution in [0.2, 0.25) is 0 Å². The molecule has 5 heteroatoms. The van der Waals surface area contributed by atoms with E-state index < -0.39 is 0 Å². The van der Waals surface area contributed by atoms with Crippen molar-refractivity contribution in [3.05, 3.63) is 48.3 Å². The van der Waals surface area contributed by atoms with Crippen molar-refractivity contribution in [2.75, 3.05) is 5.32 Å². The smallest absolute Gasteiger partial charge is 0.242 e. The van der Waals surface area contributed by atoms with E-state index in [1.54, 1.807) is 6.20 Å². The van der Waals surface area contributed by atoms with Crippen LogP contribution in [0.5, 0.6) is 0 Å². The second-order valence-electron chi connectivity index (χ2n) is 4.65. The first-order chi connectivity index (χ1) is 9.69. The summed E-state index contributed by atoms with van der Waals surface area (Å²) >= 11 is 0. The summed E-state index contributed by atoms with van der Waals surface area (Å²) in [6, 6.07) is 9.56. The van der Waals surface area contributed by atoms with Gasteiger partial charge in [-0.1, -0.05) is 30.3 Å². The summed E-state index contributed by atoms with van der Waals surface area (Å²) in [5, 5.41) is 10.2. The molecule has 0 bridgehead atoms. The molecule has 0 aliphatic carbocycles. The lowest BCUT2D eigenvalue weighted by Gasteiger charge is -2.13. The second-order valence-corrected chi connectivity index (χ2v) is 4.65. The molecule has 2 rings (SSSR count). The lowest BCUT2D eigenvalue weighted by Crippen LogP contribution is -2.37. The van der Waals surface area contributed by atoms with E-state index >= 15 is 0 Å². The van der Waals surface area contributed by atoms with Crippen LogP contribution in [-0.4, -0.2) is 21.7 Å². The number of hydrogen-bond donors (Lipinski definition) is 2. The number of carbonyl (C=O) groups is 1. The molecule has 20 heavy (non-hydrogen) atoms. The van der Waals surface area contributed by atoms with E-state index in [1.165, 1.54) is 0 Å². The quantitative estimate of drug-likeness (QED) is 0.846. The van der Waals surface area contributed by atoms with Crippen molar-refractivity contribution in [2.45, 2.75) is 33.0 Å². The third kappa shape index (κ3) is 3.85. The minimum Gasteiger partial charge on any atom is -0.371 e. The molecular weight excluding hydrogens is 252 g/mol. The van der Waals surface area contributed by atoms with Crippen molar-refractivity contribution in [3.8, 4) is 0 Å². The fourth-order valence-corrected chi connectivity index (χ4v) is 1.86. The summed E-state index contributed by atoms with van der Waals surface area (Å²) < 4.78 is 1.82. The Hall–Kier alpha value is -2.30. The molecular formula is C15H20N4O. The maximum Gasteiger partial charge on any atom is 0.242 e. The van der Waals surface area contributed by atoms with Gasteiger partial charge in [-0.3, -0.25) is 9.48 Å². The Balaban J connectivity index is 1.82. The molecule has 5 nitrogen and oxygen atoms in total. The number of hydrogen-bond acceptors (Lipinski definition) is 3. The number of benzene rings is 1. The van der Waals surface area contributed by atoms with Crippen molar-refractivity contribution >= 4 is 11.6 Å². The Kier molecular flexibility index (Phi) is 4.76. The molecule has 106 valence electrons. The average molecular weight is 272 g/mol. The van der Waals surface area contributed by atoms with Crippen LogP contribution in [0.3, 0.4) is 0 Å². The Morgan fingerprint density at radius 3 is 2.75 bits per heavy atom. The Labute approximate surface area is 119 Å². The molecule has 2 N–H and O–H groups in total. The van der Waals surface area contributed by atoms with Gasteiger partial charge < -0.3 is 10.6 Å². The maximum absolute atomic E-state index is 12.0. The molecule has 1 atom stereocenters. The van der Waals surface area contributed by atoms with Crippen LogP contribution in [-0.2, 0) is 17.9 Å². The molecule has 1 unspecified atom stereocenters. The minimum atomic E-state index is -0.298. The van der Waals surface area contributed by atoms with Crippen molar-refractivity contribution in [1.82, 2.24) is 15.1 Å². The van der Waals surface area contributed by atoms with E-state index in [1.807, 2.05) is 55.1 Å². The summed E-state index contributed by atoms with van der Waals surface area (Å²) in [5.74, 6) is -0.0295. The number of nitrogens with zero attached hydrogens (tertiary/aromatic N) is 2. The highest BCUT2D eigenvalue weighted by molar-refractivity contribution is 5.84. The zero-order valence-electron chi connectivity index (χ0n) is 11.8. The van der Waals surface area contributed by atoms with Crippen LogP contribution < -0.4 is 10.6 Å². The highest BCUT2D eigenvalue weighted by Crippen LogP contribution is 2.07. The van der Waals surface area contributed by atoms with Crippen molar-refractivity contribution < 1.29 is 4.79 Å². The molecule has 1 amide bonds. The van der Waals surface area contributed by atoms with E-state index in [9.17, 15) is 4.79 Å². The molecule has 0 aliphatic heterocycles. The molecule has 0 spiro atoms. The van der Waals surface area contributed by atoms with Gasteiger partial charge in [0.15, 0.2) is 0 Å². The molecule has 1 heterocycles. The first kappa shape index (κ1) is 14.1. The van der Waals surface area contributed by atoms with Gasteiger partial charge in [0.1, 0.15) is 6.04 Å². The van der Waals surface area contributed by atoms with Crippen LogP contribution in [0.4, 0.5) is 5.69 Å². The summed E-state index contributed by atoms with van der Waals surface area (Å²) in [7, 11) is 0. The Morgan fingerprint density at radius 2 is 2.10 bits per heavy atom. The third-order valence-corrected chi connectivity index (χ3v) is 3.04. The van der Waals surface area contributed by atoms with E-state index in [4.69, 9.17) is 0 Å². The lowest BCUT2D eigenvalue weighted by atomic mass is 10.2. The zero-order valence-corrected chi connectivity index (χ0v) is 11.8. The fraction of sp³-hybridized carbons (Fsp3) is 0.333. The molecule has 1 aromatic heterocycles. The summed E-state index contributed by atoms with van der Waals surface area (Å²) in [5.41, 5.74) is 1.95. The number of aromatic nitrogens is 2. The highest BCUT2D eigenvalue weighted by Gasteiger charge is 2.12. The fourth-order valence-electron chi connectivity index (χ4n) is 1.86. The maximum atomic E-state index is 12.0. The number of carbonyl (C=O) groups excluding carboxylic acids is 1. The monoisotopic (exact) mass is 272 g/mol. The Bertz CT molecular complexity index is 550. The normalized spacial score (nSPS) is 11.9. The van der Waals surface area contributed by atoms with E-state index in [2.05, 4.69) is 15.7 Å². The Morgan fingerprint density at radius 1 is 1.35 bits per heavy atom. The molecule has 0 saturated heterocycles. The van der Waals surface area contributed by atoms with Crippen LogP contribution in [0.15, 0.2) is 42.7 Å². The van der Waals surface area contributed by atoms with Gasteiger partial charge in [0.05, 0.1) is 11.9 Å². The third-order valence-electron chi connectivity index (χ3n) is 3.04. The number of anilines is 1. The van der Waals surface area contributed by atoms with Crippen LogP contribution in [0.1, 0.15) is 19.4 Å². The predicted octanol–water partition coefficient (Wildman–Crippen LogP) is 2.02. The molecule has 0 fully saturated rings. The topological polar surface area (TPSA) is 59.0 Å². The lowest BCUT2D eigenvalue weighted by molar-refractivity contribution is -0.121. The van der Waals surface area contributed by atoms with E-state index in [0.717, 1.165) is 17.8 Å². The molecule has 1 aromatic carbocycles. The number of rotatable bonds is 6. The van der Waals surface area contributed by atoms with Crippen molar-refractivity contribution in [1.29, 1.82) is 0 Å². The standard InChI is InChI=1S/C15H20N4O/c1-3-19-11-14(10-17-19)18-12(2)15(20)16-9-13-7-5-4-6-8-13/h4-8,10-12,18H,3,9H2,1-2H3,(H,16,20). The van der Waals surface area contributed by atoms with Gasteiger partial charge in [0.25, 0.3) is 0 Å². The zero-order chi connectivity index (χ0) is 14.4. The van der Waals surface area contributed by atoms with Crippen LogP contribution in [0.25, 0.3) is 0 Å². The average Bonchev–Trinajstić information content (AvgIpc) is 2.93. The van der Waals surface area contributed by atoms with E-state index in [-0.39, 0.29) is 11.9 Å². The van der Waals surface area contributed by atoms with E-state index in [0.29, 0.717) is 6.54 Å². The van der Waals surface area contributed by atoms with Gasteiger partial charge in [-0.05, 0) is 19.4 Å². The second kappa shape index (κ2) is 6.75. The number of aryl methyl sites for hydroxylation is 1. The largest absolute Gasteiger partial charge is 0.371 e. The van der Waals surface area contributed by atoms with Gasteiger partial charge >= 0.3 is 0 Å². The highest BCUT2D eigenvalue weighted by atomic mass is 16.2. The van der Waals surface area contributed by atoms with Gasteiger partial charge in [0.2, 0.25) is 5.91 Å². The number of nitrogens with one attached hydrogen (secondary N) is 2. The molecule has 0 aliphatic rings. The van der Waals surface area contributed by atoms with Crippen molar-refractivity contribution in [3.63, 3.8) is 0 Å². The SMILES string of the molecule is CCn1cc(NC(C)C(=O)NCc2ccccc2)cn1. The van der Waals surface area contributed by atoms with Crippen LogP contribution in [0, 0.1) is 0 Å². The predicted molar refractivity (Wildman–Crippen MR) is 79.3 cm³/mol. The number of amides is 1. The van der Waals surface area contributed by atoms with Gasteiger partial charge in [-0.2, -0.15) is 5.10 Å². The van der Waals surface area contributed by atoms with Gasteiger partial charge in [-0.25, -0.2) is 0 Å². The summed E-state index contributed by atoms with van der Waals surface area (Å²) in [4.78, 5) is 12.0. The molecule has 0 saturated carbocycles. The first-order valence-corrected chi connectivity index (χ1v) is 6.79. The van der Waals surface area contributed by atoms with Gasteiger partial charge in [0, 0.05) is 19.3 Å². The summed E-state index contributed by atoms with van der Waals surface area (Å²) in [6.07, 6.45) is 3.62. The summed E-state index contributed by atoms with van der Waals surface area (Å²) in [6.45, 7) is 5.21. The van der Waals surface area contributed by atoms with Crippen LogP contribution >= 0.6 is 0 Å². The molecule has 2 aromatic rings. The molecule has 0 radical (unpaired) electrons. The minimum absolute atomic E-state index is 0.0295. The van der Waals surface area contributed by atoms with Gasteiger partial charge in [-0.15, -0.1) is 0 Å². The van der Waals surface area contributed by atoms with Crippen molar-refractivity contribution in [2.24, 2.45) is 0 Å². The first-order valence-electron chi connectivity index (χ1n) is 6.79.